The van der Waals surface area contributed by atoms with Crippen molar-refractivity contribution in [2.45, 2.75) is 33.7 Å². The fourth-order valence-corrected chi connectivity index (χ4v) is 1.39. The van der Waals surface area contributed by atoms with E-state index in [1.807, 2.05) is 6.92 Å². The second-order valence-corrected chi connectivity index (χ2v) is 3.82. The van der Waals surface area contributed by atoms with E-state index in [9.17, 15) is 9.90 Å². The molecule has 0 aliphatic carbocycles. The van der Waals surface area contributed by atoms with Crippen molar-refractivity contribution in [2.24, 2.45) is 5.92 Å². The maximum absolute atomic E-state index is 11.5. The maximum Gasteiger partial charge on any atom is 0.254 e. The van der Waals surface area contributed by atoms with Crippen LogP contribution in [0.4, 0.5) is 0 Å². The Balaban J connectivity index is 3.03. The number of pyridine rings is 1. The van der Waals surface area contributed by atoms with Gasteiger partial charge in [0.05, 0.1) is 0 Å². The lowest BCUT2D eigenvalue weighted by molar-refractivity contribution is 0.440. The Kier molecular flexibility index (Phi) is 3.33. The average molecular weight is 195 g/mol. The second kappa shape index (κ2) is 4.31. The Hall–Kier alpha value is -1.25. The van der Waals surface area contributed by atoms with E-state index in [0.717, 1.165) is 18.7 Å². The molecule has 0 aliphatic rings. The molecule has 0 saturated heterocycles. The number of hydrogen-bond donors (Lipinski definition) is 1. The molecule has 0 aliphatic heterocycles. The van der Waals surface area contributed by atoms with Gasteiger partial charge in [-0.1, -0.05) is 20.3 Å². The molecular weight excluding hydrogens is 178 g/mol. The third-order valence-corrected chi connectivity index (χ3v) is 2.51. The first-order valence-corrected chi connectivity index (χ1v) is 4.95. The largest absolute Gasteiger partial charge is 0.508 e. The zero-order valence-corrected chi connectivity index (χ0v) is 8.95. The molecule has 78 valence electrons. The Morgan fingerprint density at radius 3 is 2.64 bits per heavy atom. The van der Waals surface area contributed by atoms with Crippen molar-refractivity contribution >= 4 is 0 Å². The molecule has 3 heteroatoms. The summed E-state index contributed by atoms with van der Waals surface area (Å²) in [6.45, 7) is 6.77. The van der Waals surface area contributed by atoms with Crippen molar-refractivity contribution in [3.63, 3.8) is 0 Å². The van der Waals surface area contributed by atoms with Gasteiger partial charge < -0.3 is 9.67 Å². The average Bonchev–Trinajstić information content (AvgIpc) is 2.10. The molecule has 0 fully saturated rings. The molecule has 1 atom stereocenters. The van der Waals surface area contributed by atoms with Gasteiger partial charge in [-0.2, -0.15) is 0 Å². The Morgan fingerprint density at radius 2 is 2.14 bits per heavy atom. The van der Waals surface area contributed by atoms with E-state index in [2.05, 4.69) is 13.8 Å². The molecule has 1 unspecified atom stereocenters. The van der Waals surface area contributed by atoms with E-state index in [4.69, 9.17) is 0 Å². The molecule has 1 rings (SSSR count). The van der Waals surface area contributed by atoms with Crippen molar-refractivity contribution in [2.75, 3.05) is 0 Å². The highest BCUT2D eigenvalue weighted by Gasteiger charge is 2.05. The lowest BCUT2D eigenvalue weighted by Gasteiger charge is -2.14. The van der Waals surface area contributed by atoms with E-state index in [1.54, 1.807) is 10.6 Å². The molecule has 1 aromatic heterocycles. The van der Waals surface area contributed by atoms with E-state index < -0.39 is 0 Å². The number of nitrogens with zero attached hydrogens (tertiary/aromatic N) is 1. The smallest absolute Gasteiger partial charge is 0.254 e. The standard InChI is InChI=1S/C11H17NO2/c1-4-8(2)7-12-9(3)5-10(13)6-11(12)14/h5-6,8,13H,4,7H2,1-3H3. The summed E-state index contributed by atoms with van der Waals surface area (Å²) in [5.74, 6) is 0.531. The van der Waals surface area contributed by atoms with Crippen LogP contribution in [-0.4, -0.2) is 9.67 Å². The van der Waals surface area contributed by atoms with Gasteiger partial charge >= 0.3 is 0 Å². The molecule has 0 bridgehead atoms. The minimum Gasteiger partial charge on any atom is -0.508 e. The van der Waals surface area contributed by atoms with Crippen molar-refractivity contribution in [3.05, 3.63) is 28.2 Å². The highest BCUT2D eigenvalue weighted by molar-refractivity contribution is 5.21. The van der Waals surface area contributed by atoms with Crippen LogP contribution in [0.5, 0.6) is 5.75 Å². The Bertz CT molecular complexity index is 368. The number of rotatable bonds is 3. The molecule has 3 nitrogen and oxygen atoms in total. The number of aromatic nitrogens is 1. The van der Waals surface area contributed by atoms with Crippen LogP contribution < -0.4 is 5.56 Å². The molecule has 0 saturated carbocycles. The van der Waals surface area contributed by atoms with E-state index in [1.165, 1.54) is 6.07 Å². The first-order chi connectivity index (χ1) is 6.54. The zero-order chi connectivity index (χ0) is 10.7. The van der Waals surface area contributed by atoms with Crippen LogP contribution in [0.2, 0.25) is 0 Å². The predicted molar refractivity (Wildman–Crippen MR) is 56.6 cm³/mol. The fourth-order valence-electron chi connectivity index (χ4n) is 1.39. The molecule has 0 spiro atoms. The van der Waals surface area contributed by atoms with Crippen LogP contribution in [0.1, 0.15) is 26.0 Å². The summed E-state index contributed by atoms with van der Waals surface area (Å²) >= 11 is 0. The van der Waals surface area contributed by atoms with Crippen LogP contribution in [0.15, 0.2) is 16.9 Å². The molecule has 1 heterocycles. The lowest BCUT2D eigenvalue weighted by atomic mass is 10.1. The fraction of sp³-hybridized carbons (Fsp3) is 0.545. The van der Waals surface area contributed by atoms with Gasteiger partial charge in [0.15, 0.2) is 0 Å². The lowest BCUT2D eigenvalue weighted by Crippen LogP contribution is -2.24. The maximum atomic E-state index is 11.5. The van der Waals surface area contributed by atoms with Crippen molar-refractivity contribution in [1.29, 1.82) is 0 Å². The zero-order valence-electron chi connectivity index (χ0n) is 8.95. The van der Waals surface area contributed by atoms with Gasteiger partial charge in [-0.05, 0) is 18.9 Å². The predicted octanol–water partition coefficient (Wildman–Crippen LogP) is 1.91. The first-order valence-electron chi connectivity index (χ1n) is 4.95. The minimum atomic E-state index is -0.122. The van der Waals surface area contributed by atoms with Crippen LogP contribution in [-0.2, 0) is 6.54 Å². The first kappa shape index (κ1) is 10.8. The van der Waals surface area contributed by atoms with Crippen LogP contribution >= 0.6 is 0 Å². The summed E-state index contributed by atoms with van der Waals surface area (Å²) in [6, 6.07) is 2.87. The van der Waals surface area contributed by atoms with E-state index in [-0.39, 0.29) is 11.3 Å². The normalized spacial score (nSPS) is 12.8. The van der Waals surface area contributed by atoms with E-state index in [0.29, 0.717) is 5.92 Å². The molecule has 0 amide bonds. The summed E-state index contributed by atoms with van der Waals surface area (Å²) in [5.41, 5.74) is 0.693. The highest BCUT2D eigenvalue weighted by Crippen LogP contribution is 2.10. The van der Waals surface area contributed by atoms with Crippen LogP contribution in [0.25, 0.3) is 0 Å². The molecular formula is C11H17NO2. The number of aromatic hydroxyl groups is 1. The van der Waals surface area contributed by atoms with Crippen molar-refractivity contribution in [3.8, 4) is 5.75 Å². The Morgan fingerprint density at radius 1 is 1.50 bits per heavy atom. The van der Waals surface area contributed by atoms with Crippen molar-refractivity contribution < 1.29 is 5.11 Å². The molecule has 0 aromatic carbocycles. The SMILES string of the molecule is CCC(C)Cn1c(C)cc(O)cc1=O. The monoisotopic (exact) mass is 195 g/mol. The van der Waals surface area contributed by atoms with Gasteiger partial charge in [-0.3, -0.25) is 4.79 Å². The van der Waals surface area contributed by atoms with Crippen LogP contribution in [0, 0.1) is 12.8 Å². The molecule has 14 heavy (non-hydrogen) atoms. The van der Waals surface area contributed by atoms with Gasteiger partial charge in [0.1, 0.15) is 5.75 Å². The van der Waals surface area contributed by atoms with Gasteiger partial charge in [0.25, 0.3) is 5.56 Å². The summed E-state index contributed by atoms with van der Waals surface area (Å²) in [7, 11) is 0. The van der Waals surface area contributed by atoms with Crippen molar-refractivity contribution in [1.82, 2.24) is 4.57 Å². The summed E-state index contributed by atoms with van der Waals surface area (Å²) in [4.78, 5) is 11.5. The molecule has 1 aromatic rings. The summed E-state index contributed by atoms with van der Waals surface area (Å²) in [6.07, 6.45) is 1.05. The van der Waals surface area contributed by atoms with Gasteiger partial charge in [-0.15, -0.1) is 0 Å². The van der Waals surface area contributed by atoms with Gasteiger partial charge in [0.2, 0.25) is 0 Å². The molecule has 0 radical (unpaired) electrons. The van der Waals surface area contributed by atoms with Gasteiger partial charge in [0, 0.05) is 18.3 Å². The minimum absolute atomic E-state index is 0.0490. The third kappa shape index (κ3) is 2.37. The van der Waals surface area contributed by atoms with Crippen LogP contribution in [0.3, 0.4) is 0 Å². The van der Waals surface area contributed by atoms with E-state index >= 15 is 0 Å². The molecule has 1 N–H and O–H groups in total. The van der Waals surface area contributed by atoms with Gasteiger partial charge in [-0.25, -0.2) is 0 Å². The highest BCUT2D eigenvalue weighted by atomic mass is 16.3. The number of hydrogen-bond acceptors (Lipinski definition) is 2. The summed E-state index contributed by atoms with van der Waals surface area (Å²) < 4.78 is 1.70. The Labute approximate surface area is 84.0 Å². The third-order valence-electron chi connectivity index (χ3n) is 2.51. The number of aryl methyl sites for hydroxylation is 1. The second-order valence-electron chi connectivity index (χ2n) is 3.82. The topological polar surface area (TPSA) is 42.2 Å². The quantitative estimate of drug-likeness (QED) is 0.800. The summed E-state index contributed by atoms with van der Waals surface area (Å²) in [5, 5.41) is 9.20.